The lowest BCUT2D eigenvalue weighted by Gasteiger charge is -2.14. The minimum atomic E-state index is -0.576. The van der Waals surface area contributed by atoms with Gasteiger partial charge in [0.2, 0.25) is 5.91 Å². The lowest BCUT2D eigenvalue weighted by atomic mass is 10.1. The van der Waals surface area contributed by atoms with Crippen LogP contribution in [0.5, 0.6) is 0 Å². The Kier molecular flexibility index (Phi) is 6.08. The highest BCUT2D eigenvalue weighted by Gasteiger charge is 2.15. The van der Waals surface area contributed by atoms with Gasteiger partial charge >= 0.3 is 0 Å². The molecule has 1 rings (SSSR count). The van der Waals surface area contributed by atoms with Crippen LogP contribution in [0.15, 0.2) is 24.3 Å². The lowest BCUT2D eigenvalue weighted by molar-refractivity contribution is -0.122. The molecule has 1 amide bonds. The molecule has 1 unspecified atom stereocenters. The summed E-state index contributed by atoms with van der Waals surface area (Å²) in [6, 6.07) is 7.23. The van der Waals surface area contributed by atoms with E-state index in [1.807, 2.05) is 45.0 Å². The summed E-state index contributed by atoms with van der Waals surface area (Å²) in [6.45, 7) is 5.84. The third-order valence-corrected chi connectivity index (χ3v) is 2.15. The lowest BCUT2D eigenvalue weighted by Crippen LogP contribution is -2.38. The van der Waals surface area contributed by atoms with Crippen LogP contribution in [0, 0.1) is 6.92 Å². The molecule has 0 aromatic heterocycles. The molecule has 16 heavy (non-hydrogen) atoms. The first-order chi connectivity index (χ1) is 7.00. The maximum absolute atomic E-state index is 11.6. The molecule has 1 aromatic rings. The van der Waals surface area contributed by atoms with Gasteiger partial charge in [0.05, 0.1) is 0 Å². The molecule has 0 saturated carbocycles. The van der Waals surface area contributed by atoms with Crippen LogP contribution in [0.1, 0.15) is 31.0 Å². The molecule has 3 nitrogen and oxygen atoms in total. The highest BCUT2D eigenvalue weighted by atomic mass is 35.5. The Labute approximate surface area is 103 Å². The second-order valence-corrected chi connectivity index (χ2v) is 4.05. The summed E-state index contributed by atoms with van der Waals surface area (Å²) in [5, 5.41) is 2.79. The molecule has 0 radical (unpaired) electrons. The molecule has 90 valence electrons. The zero-order chi connectivity index (χ0) is 11.4. The maximum Gasteiger partial charge on any atom is 0.241 e. The Morgan fingerprint density at radius 2 is 1.75 bits per heavy atom. The summed E-state index contributed by atoms with van der Waals surface area (Å²) < 4.78 is 0. The van der Waals surface area contributed by atoms with E-state index in [1.54, 1.807) is 0 Å². The number of benzene rings is 1. The van der Waals surface area contributed by atoms with E-state index in [0.29, 0.717) is 0 Å². The van der Waals surface area contributed by atoms with Crippen molar-refractivity contribution in [1.82, 2.24) is 5.32 Å². The van der Waals surface area contributed by atoms with Crippen molar-refractivity contribution < 1.29 is 4.79 Å². The molecule has 0 heterocycles. The Hall–Kier alpha value is -1.06. The number of amides is 1. The van der Waals surface area contributed by atoms with E-state index in [2.05, 4.69) is 5.32 Å². The van der Waals surface area contributed by atoms with Crippen LogP contribution in [0.3, 0.4) is 0 Å². The van der Waals surface area contributed by atoms with Crippen molar-refractivity contribution >= 4 is 18.3 Å². The van der Waals surface area contributed by atoms with Crippen molar-refractivity contribution in [2.24, 2.45) is 5.73 Å². The molecule has 0 aliphatic rings. The average molecular weight is 243 g/mol. The van der Waals surface area contributed by atoms with Crippen LogP contribution in [0.25, 0.3) is 0 Å². The maximum atomic E-state index is 11.6. The Bertz CT molecular complexity index is 335. The monoisotopic (exact) mass is 242 g/mol. The van der Waals surface area contributed by atoms with E-state index in [-0.39, 0.29) is 24.4 Å². The molecular weight excluding hydrogens is 224 g/mol. The fourth-order valence-corrected chi connectivity index (χ4v) is 1.30. The van der Waals surface area contributed by atoms with E-state index >= 15 is 0 Å². The van der Waals surface area contributed by atoms with Crippen molar-refractivity contribution in [1.29, 1.82) is 0 Å². The van der Waals surface area contributed by atoms with Gasteiger partial charge in [-0.1, -0.05) is 29.8 Å². The zero-order valence-electron chi connectivity index (χ0n) is 9.86. The van der Waals surface area contributed by atoms with Gasteiger partial charge in [-0.3, -0.25) is 4.79 Å². The van der Waals surface area contributed by atoms with E-state index in [1.165, 1.54) is 0 Å². The summed E-state index contributed by atoms with van der Waals surface area (Å²) >= 11 is 0. The number of hydrogen-bond acceptors (Lipinski definition) is 2. The molecule has 1 aromatic carbocycles. The first-order valence-electron chi connectivity index (χ1n) is 5.13. The summed E-state index contributed by atoms with van der Waals surface area (Å²) in [4.78, 5) is 11.6. The molecule has 0 fully saturated rings. The largest absolute Gasteiger partial charge is 0.352 e. The van der Waals surface area contributed by atoms with Gasteiger partial charge in [0, 0.05) is 6.04 Å². The third-order valence-electron chi connectivity index (χ3n) is 2.15. The first-order valence-corrected chi connectivity index (χ1v) is 5.13. The van der Waals surface area contributed by atoms with Gasteiger partial charge in [0.25, 0.3) is 0 Å². The van der Waals surface area contributed by atoms with Crippen LogP contribution in [0.2, 0.25) is 0 Å². The summed E-state index contributed by atoms with van der Waals surface area (Å²) in [7, 11) is 0. The molecule has 0 bridgehead atoms. The van der Waals surface area contributed by atoms with Gasteiger partial charge in [0.1, 0.15) is 6.04 Å². The number of rotatable bonds is 3. The summed E-state index contributed by atoms with van der Waals surface area (Å²) in [5.41, 5.74) is 7.83. The standard InChI is InChI=1S/C12H18N2O.ClH/c1-8(2)14-12(15)11(13)10-6-4-9(3)5-7-10;/h4-8,11H,13H2,1-3H3,(H,14,15);1H. The van der Waals surface area contributed by atoms with Gasteiger partial charge in [-0.2, -0.15) is 0 Å². The molecule has 0 aliphatic heterocycles. The highest BCUT2D eigenvalue weighted by Crippen LogP contribution is 2.11. The number of halogens is 1. The minimum absolute atomic E-state index is 0. The fourth-order valence-electron chi connectivity index (χ4n) is 1.30. The third kappa shape index (κ3) is 4.21. The topological polar surface area (TPSA) is 55.1 Å². The fraction of sp³-hybridized carbons (Fsp3) is 0.417. The van der Waals surface area contributed by atoms with Crippen molar-refractivity contribution in [3.63, 3.8) is 0 Å². The van der Waals surface area contributed by atoms with Gasteiger partial charge in [-0.15, -0.1) is 12.4 Å². The van der Waals surface area contributed by atoms with Gasteiger partial charge in [0.15, 0.2) is 0 Å². The van der Waals surface area contributed by atoms with E-state index in [4.69, 9.17) is 5.73 Å². The van der Waals surface area contributed by atoms with Crippen molar-refractivity contribution in [2.45, 2.75) is 32.9 Å². The van der Waals surface area contributed by atoms with Crippen molar-refractivity contribution in [3.05, 3.63) is 35.4 Å². The quantitative estimate of drug-likeness (QED) is 0.851. The predicted molar refractivity (Wildman–Crippen MR) is 68.6 cm³/mol. The van der Waals surface area contributed by atoms with Gasteiger partial charge < -0.3 is 11.1 Å². The number of nitrogens with one attached hydrogen (secondary N) is 1. The van der Waals surface area contributed by atoms with Crippen LogP contribution in [0.4, 0.5) is 0 Å². The zero-order valence-corrected chi connectivity index (χ0v) is 10.7. The molecular formula is C12H19ClN2O. The SMILES string of the molecule is Cc1ccc(C(N)C(=O)NC(C)C)cc1.Cl. The van der Waals surface area contributed by atoms with E-state index in [0.717, 1.165) is 11.1 Å². The first kappa shape index (κ1) is 14.9. The van der Waals surface area contributed by atoms with Crippen LogP contribution >= 0.6 is 12.4 Å². The summed E-state index contributed by atoms with van der Waals surface area (Å²) in [6.07, 6.45) is 0. The Morgan fingerprint density at radius 3 is 2.19 bits per heavy atom. The van der Waals surface area contributed by atoms with Crippen LogP contribution in [-0.4, -0.2) is 11.9 Å². The predicted octanol–water partition coefficient (Wildman–Crippen LogP) is 1.94. The van der Waals surface area contributed by atoms with Crippen molar-refractivity contribution in [2.75, 3.05) is 0 Å². The number of carbonyl (C=O) groups excluding carboxylic acids is 1. The average Bonchev–Trinajstić information content (AvgIpc) is 2.17. The molecule has 0 saturated heterocycles. The Balaban J connectivity index is 0.00000225. The van der Waals surface area contributed by atoms with E-state index in [9.17, 15) is 4.79 Å². The Morgan fingerprint density at radius 1 is 1.25 bits per heavy atom. The number of carbonyl (C=O) groups is 1. The van der Waals surface area contributed by atoms with Crippen LogP contribution in [-0.2, 0) is 4.79 Å². The van der Waals surface area contributed by atoms with Gasteiger partial charge in [-0.05, 0) is 26.3 Å². The van der Waals surface area contributed by atoms with Gasteiger partial charge in [-0.25, -0.2) is 0 Å². The second-order valence-electron chi connectivity index (χ2n) is 4.05. The normalized spacial score (nSPS) is 11.8. The van der Waals surface area contributed by atoms with Crippen molar-refractivity contribution in [3.8, 4) is 0 Å². The molecule has 1 atom stereocenters. The smallest absolute Gasteiger partial charge is 0.241 e. The number of hydrogen-bond donors (Lipinski definition) is 2. The second kappa shape index (κ2) is 6.51. The molecule has 0 aliphatic carbocycles. The number of aryl methyl sites for hydroxylation is 1. The summed E-state index contributed by atoms with van der Waals surface area (Å²) in [5.74, 6) is -0.131. The van der Waals surface area contributed by atoms with E-state index < -0.39 is 6.04 Å². The number of nitrogens with two attached hydrogens (primary N) is 1. The van der Waals surface area contributed by atoms with Crippen LogP contribution < -0.4 is 11.1 Å². The highest BCUT2D eigenvalue weighted by molar-refractivity contribution is 5.85. The molecule has 0 spiro atoms. The molecule has 3 N–H and O–H groups in total. The molecule has 4 heteroatoms. The minimum Gasteiger partial charge on any atom is -0.352 e.